The largest absolute Gasteiger partial charge is 0.497 e. The van der Waals surface area contributed by atoms with E-state index in [1.165, 1.54) is 16.9 Å². The molecule has 5 rings (SSSR count). The molecule has 6 heteroatoms. The number of hydrogen-bond acceptors (Lipinski definition) is 5. The molecule has 2 atom stereocenters. The van der Waals surface area contributed by atoms with Gasteiger partial charge in [0.2, 0.25) is 5.91 Å². The van der Waals surface area contributed by atoms with E-state index in [2.05, 4.69) is 46.2 Å². The van der Waals surface area contributed by atoms with Gasteiger partial charge in [-0.2, -0.15) is 0 Å². The lowest BCUT2D eigenvalue weighted by molar-refractivity contribution is -0.140. The Kier molecular flexibility index (Phi) is 5.25. The van der Waals surface area contributed by atoms with Crippen molar-refractivity contribution in [2.45, 2.75) is 12.5 Å². The minimum Gasteiger partial charge on any atom is -0.497 e. The molecule has 0 bridgehead atoms. The van der Waals surface area contributed by atoms with Crippen molar-refractivity contribution in [2.75, 3.05) is 62.8 Å². The Morgan fingerprint density at radius 1 is 1.00 bits per heavy atom. The zero-order valence-electron chi connectivity index (χ0n) is 17.5. The second-order valence-electron chi connectivity index (χ2n) is 8.28. The summed E-state index contributed by atoms with van der Waals surface area (Å²) < 4.78 is 10.8. The maximum absolute atomic E-state index is 13.6. The molecule has 2 saturated heterocycles. The van der Waals surface area contributed by atoms with Crippen LogP contribution in [0.3, 0.4) is 0 Å². The van der Waals surface area contributed by atoms with Gasteiger partial charge < -0.3 is 24.2 Å². The standard InChI is InChI=1S/C24H29N3O3/c1-29-20-8-6-19(7-9-20)26-10-11-27-22-5-3-2-4-18(22)16-21(23(27)17-26)24(28)25-12-14-30-15-13-25/h2-9,21,23H,10-17H2,1H3. The van der Waals surface area contributed by atoms with Gasteiger partial charge in [-0.15, -0.1) is 0 Å². The summed E-state index contributed by atoms with van der Waals surface area (Å²) in [6.45, 7) is 5.39. The van der Waals surface area contributed by atoms with Crippen LogP contribution in [0.5, 0.6) is 5.75 Å². The topological polar surface area (TPSA) is 45.2 Å². The van der Waals surface area contributed by atoms with Crippen molar-refractivity contribution in [3.63, 3.8) is 0 Å². The van der Waals surface area contributed by atoms with E-state index >= 15 is 0 Å². The lowest BCUT2D eigenvalue weighted by Crippen LogP contribution is -2.62. The van der Waals surface area contributed by atoms with E-state index in [1.807, 2.05) is 17.0 Å². The lowest BCUT2D eigenvalue weighted by Gasteiger charge is -2.50. The number of amides is 1. The molecule has 0 aromatic heterocycles. The Bertz CT molecular complexity index is 895. The predicted octanol–water partition coefficient (Wildman–Crippen LogP) is 2.42. The Balaban J connectivity index is 1.43. The van der Waals surface area contributed by atoms with Gasteiger partial charge in [0.1, 0.15) is 5.75 Å². The number of nitrogens with zero attached hydrogens (tertiary/aromatic N) is 3. The molecule has 2 fully saturated rings. The number of para-hydroxylation sites is 1. The summed E-state index contributed by atoms with van der Waals surface area (Å²) in [6, 6.07) is 17.0. The molecule has 30 heavy (non-hydrogen) atoms. The normalized spacial score (nSPS) is 23.6. The van der Waals surface area contributed by atoms with Crippen LogP contribution in [0.4, 0.5) is 11.4 Å². The summed E-state index contributed by atoms with van der Waals surface area (Å²) in [5, 5.41) is 0. The van der Waals surface area contributed by atoms with Gasteiger partial charge in [0.05, 0.1) is 32.3 Å². The van der Waals surface area contributed by atoms with E-state index in [-0.39, 0.29) is 17.9 Å². The van der Waals surface area contributed by atoms with Crippen LogP contribution in [0.15, 0.2) is 48.5 Å². The summed E-state index contributed by atoms with van der Waals surface area (Å²) >= 11 is 0. The number of methoxy groups -OCH3 is 1. The number of anilines is 2. The molecule has 3 aliphatic rings. The number of piperazine rings is 1. The maximum atomic E-state index is 13.6. The van der Waals surface area contributed by atoms with E-state index in [0.29, 0.717) is 26.3 Å². The summed E-state index contributed by atoms with van der Waals surface area (Å²) in [5.74, 6) is 1.11. The summed E-state index contributed by atoms with van der Waals surface area (Å²) in [7, 11) is 1.69. The first-order chi connectivity index (χ1) is 14.7. The first kappa shape index (κ1) is 19.2. The molecule has 3 aliphatic heterocycles. The molecule has 0 saturated carbocycles. The minimum absolute atomic E-state index is 0.0287. The van der Waals surface area contributed by atoms with Crippen LogP contribution in [-0.2, 0) is 16.0 Å². The number of benzene rings is 2. The first-order valence-electron chi connectivity index (χ1n) is 10.8. The van der Waals surface area contributed by atoms with Crippen molar-refractivity contribution in [3.05, 3.63) is 54.1 Å². The molecule has 2 unspecified atom stereocenters. The molecule has 6 nitrogen and oxygen atoms in total. The Morgan fingerprint density at radius 2 is 1.77 bits per heavy atom. The number of carbonyl (C=O) groups is 1. The highest BCUT2D eigenvalue weighted by Crippen LogP contribution is 2.37. The monoisotopic (exact) mass is 407 g/mol. The molecule has 1 amide bonds. The summed E-state index contributed by atoms with van der Waals surface area (Å²) in [6.07, 6.45) is 0.810. The number of morpholine rings is 1. The van der Waals surface area contributed by atoms with Gasteiger partial charge in [-0.1, -0.05) is 18.2 Å². The molecule has 0 aliphatic carbocycles. The van der Waals surface area contributed by atoms with Crippen LogP contribution in [0.2, 0.25) is 0 Å². The fraction of sp³-hybridized carbons (Fsp3) is 0.458. The molecule has 0 spiro atoms. The number of carbonyl (C=O) groups excluding carboxylic acids is 1. The van der Waals surface area contributed by atoms with Gasteiger partial charge in [-0.05, 0) is 42.3 Å². The smallest absolute Gasteiger partial charge is 0.228 e. The third-order valence-corrected chi connectivity index (χ3v) is 6.70. The molecule has 3 heterocycles. The van der Waals surface area contributed by atoms with Crippen LogP contribution >= 0.6 is 0 Å². The van der Waals surface area contributed by atoms with Crippen molar-refractivity contribution in [2.24, 2.45) is 5.92 Å². The van der Waals surface area contributed by atoms with Crippen LogP contribution in [0.25, 0.3) is 0 Å². The van der Waals surface area contributed by atoms with Gasteiger partial charge in [0.15, 0.2) is 0 Å². The van der Waals surface area contributed by atoms with Crippen LogP contribution in [-0.4, -0.2) is 69.9 Å². The van der Waals surface area contributed by atoms with Crippen molar-refractivity contribution in [3.8, 4) is 5.75 Å². The van der Waals surface area contributed by atoms with Gasteiger partial charge in [0.25, 0.3) is 0 Å². The third kappa shape index (κ3) is 3.49. The fourth-order valence-electron chi connectivity index (χ4n) is 5.09. The fourth-order valence-corrected chi connectivity index (χ4v) is 5.09. The lowest BCUT2D eigenvalue weighted by atomic mass is 9.83. The Morgan fingerprint density at radius 3 is 2.53 bits per heavy atom. The molecule has 0 N–H and O–H groups in total. The Hall–Kier alpha value is -2.73. The highest BCUT2D eigenvalue weighted by Gasteiger charge is 2.43. The van der Waals surface area contributed by atoms with Crippen molar-refractivity contribution < 1.29 is 14.3 Å². The van der Waals surface area contributed by atoms with Gasteiger partial charge >= 0.3 is 0 Å². The van der Waals surface area contributed by atoms with E-state index in [0.717, 1.165) is 31.8 Å². The Labute approximate surface area is 178 Å². The van der Waals surface area contributed by atoms with Crippen molar-refractivity contribution >= 4 is 17.3 Å². The van der Waals surface area contributed by atoms with Crippen LogP contribution in [0, 0.1) is 5.92 Å². The number of ether oxygens (including phenoxy) is 2. The predicted molar refractivity (Wildman–Crippen MR) is 117 cm³/mol. The molecule has 0 radical (unpaired) electrons. The SMILES string of the molecule is COc1ccc(N2CCN3c4ccccc4CC(C(=O)N4CCOCC4)C3C2)cc1. The van der Waals surface area contributed by atoms with Crippen molar-refractivity contribution in [1.29, 1.82) is 0 Å². The van der Waals surface area contributed by atoms with Crippen LogP contribution < -0.4 is 14.5 Å². The highest BCUT2D eigenvalue weighted by atomic mass is 16.5. The van der Waals surface area contributed by atoms with Gasteiger partial charge in [-0.3, -0.25) is 4.79 Å². The third-order valence-electron chi connectivity index (χ3n) is 6.70. The number of rotatable bonds is 3. The van der Waals surface area contributed by atoms with Gasteiger partial charge in [0, 0.05) is 44.1 Å². The molecule has 158 valence electrons. The summed E-state index contributed by atoms with van der Waals surface area (Å²) in [4.78, 5) is 20.4. The zero-order chi connectivity index (χ0) is 20.5. The molecule has 2 aromatic carbocycles. The van der Waals surface area contributed by atoms with E-state index in [4.69, 9.17) is 9.47 Å². The zero-order valence-corrected chi connectivity index (χ0v) is 17.5. The second kappa shape index (κ2) is 8.19. The van der Waals surface area contributed by atoms with Gasteiger partial charge in [-0.25, -0.2) is 0 Å². The second-order valence-corrected chi connectivity index (χ2v) is 8.28. The molecule has 2 aromatic rings. The summed E-state index contributed by atoms with van der Waals surface area (Å²) in [5.41, 5.74) is 3.77. The minimum atomic E-state index is -0.0287. The number of hydrogen-bond donors (Lipinski definition) is 0. The van der Waals surface area contributed by atoms with Crippen molar-refractivity contribution in [1.82, 2.24) is 4.90 Å². The number of fused-ring (bicyclic) bond motifs is 3. The van der Waals surface area contributed by atoms with E-state index in [1.54, 1.807) is 7.11 Å². The van der Waals surface area contributed by atoms with Crippen LogP contribution in [0.1, 0.15) is 5.56 Å². The molecular formula is C24H29N3O3. The average molecular weight is 408 g/mol. The van der Waals surface area contributed by atoms with E-state index in [9.17, 15) is 4.79 Å². The highest BCUT2D eigenvalue weighted by molar-refractivity contribution is 5.82. The first-order valence-corrected chi connectivity index (χ1v) is 10.8. The average Bonchev–Trinajstić information content (AvgIpc) is 2.83. The molecular weight excluding hydrogens is 378 g/mol. The maximum Gasteiger partial charge on any atom is 0.228 e. The quantitative estimate of drug-likeness (QED) is 0.782. The van der Waals surface area contributed by atoms with E-state index < -0.39 is 0 Å².